The summed E-state index contributed by atoms with van der Waals surface area (Å²) in [6.45, 7) is 1.06. The van der Waals surface area contributed by atoms with Crippen molar-refractivity contribution in [2.45, 2.75) is 42.2 Å². The van der Waals surface area contributed by atoms with E-state index >= 15 is 0 Å². The minimum atomic E-state index is -4.18. The largest absolute Gasteiger partial charge is 0.356 e. The summed E-state index contributed by atoms with van der Waals surface area (Å²) in [6.07, 6.45) is 2.83. The summed E-state index contributed by atoms with van der Waals surface area (Å²) in [5.41, 5.74) is 0.367. The van der Waals surface area contributed by atoms with Crippen molar-refractivity contribution in [1.29, 1.82) is 0 Å². The predicted molar refractivity (Wildman–Crippen MR) is 131 cm³/mol. The fraction of sp³-hybridized carbons (Fsp3) is 0.462. The lowest BCUT2D eigenvalue weighted by atomic mass is 9.78. The number of rotatable bonds is 2. The lowest BCUT2D eigenvalue weighted by molar-refractivity contribution is -0.138. The highest BCUT2D eigenvalue weighted by atomic mass is 32.2. The molecule has 2 bridgehead atoms. The van der Waals surface area contributed by atoms with Gasteiger partial charge in [0.15, 0.2) is 11.6 Å². The molecule has 4 aliphatic heterocycles. The van der Waals surface area contributed by atoms with Crippen molar-refractivity contribution in [3.63, 3.8) is 0 Å². The Bertz CT molecular complexity index is 1390. The average molecular weight is 531 g/mol. The van der Waals surface area contributed by atoms with Crippen molar-refractivity contribution in [1.82, 2.24) is 14.5 Å². The van der Waals surface area contributed by atoms with Gasteiger partial charge in [0.25, 0.3) is 5.91 Å². The number of sulfonamides is 1. The van der Waals surface area contributed by atoms with Crippen LogP contribution in [0.3, 0.4) is 0 Å². The average Bonchev–Trinajstić information content (AvgIpc) is 3.53. The molecule has 0 aliphatic carbocycles. The smallest absolute Gasteiger partial charge is 0.253 e. The fourth-order valence-electron chi connectivity index (χ4n) is 6.72. The minimum Gasteiger partial charge on any atom is -0.356 e. The Morgan fingerprint density at radius 1 is 0.946 bits per heavy atom. The summed E-state index contributed by atoms with van der Waals surface area (Å²) in [4.78, 5) is 31.3. The second-order valence-electron chi connectivity index (χ2n) is 10.1. The molecule has 2 aromatic rings. The second-order valence-corrected chi connectivity index (χ2v) is 12.1. The van der Waals surface area contributed by atoms with Crippen LogP contribution in [-0.4, -0.2) is 68.2 Å². The maximum atomic E-state index is 14.3. The van der Waals surface area contributed by atoms with Gasteiger partial charge in [-0.2, -0.15) is 4.31 Å². The molecule has 0 radical (unpaired) electrons. The van der Waals surface area contributed by atoms with Crippen LogP contribution in [0.25, 0.3) is 0 Å². The lowest BCUT2D eigenvalue weighted by Gasteiger charge is -2.37. The zero-order valence-electron chi connectivity index (χ0n) is 20.2. The van der Waals surface area contributed by atoms with E-state index in [2.05, 4.69) is 10.2 Å². The summed E-state index contributed by atoms with van der Waals surface area (Å²) >= 11 is 0. The number of amides is 2. The van der Waals surface area contributed by atoms with Gasteiger partial charge in [0, 0.05) is 43.5 Å². The maximum absolute atomic E-state index is 14.3. The van der Waals surface area contributed by atoms with Gasteiger partial charge >= 0.3 is 0 Å². The van der Waals surface area contributed by atoms with Crippen LogP contribution in [-0.2, 0) is 25.2 Å². The Hall–Kier alpha value is -2.89. The number of nitrogens with zero attached hydrogens (tertiary/aromatic N) is 3. The van der Waals surface area contributed by atoms with Crippen LogP contribution in [0.1, 0.15) is 31.2 Å². The molecule has 37 heavy (non-hydrogen) atoms. The number of carbonyl (C=O) groups is 2. The second kappa shape index (κ2) is 8.85. The normalized spacial score (nSPS) is 28.8. The molecule has 1 spiro atoms. The molecule has 0 unspecified atom stereocenters. The van der Waals surface area contributed by atoms with Crippen LogP contribution in [0.15, 0.2) is 47.4 Å². The first kappa shape index (κ1) is 24.4. The predicted octanol–water partition coefficient (Wildman–Crippen LogP) is 2.20. The highest BCUT2D eigenvalue weighted by Crippen LogP contribution is 2.57. The van der Waals surface area contributed by atoms with E-state index in [0.717, 1.165) is 37.1 Å². The van der Waals surface area contributed by atoms with Crippen molar-refractivity contribution in [3.05, 3.63) is 59.7 Å². The number of benzene rings is 2. The summed E-state index contributed by atoms with van der Waals surface area (Å²) in [5, 5.41) is 2.95. The summed E-state index contributed by atoms with van der Waals surface area (Å²) in [6, 6.07) is 10.1. The van der Waals surface area contributed by atoms with E-state index in [1.54, 1.807) is 4.90 Å². The third kappa shape index (κ3) is 3.54. The number of nitrogens with one attached hydrogen (secondary N) is 1. The van der Waals surface area contributed by atoms with Gasteiger partial charge in [0.2, 0.25) is 15.9 Å². The van der Waals surface area contributed by atoms with Gasteiger partial charge in [0.1, 0.15) is 5.54 Å². The lowest BCUT2D eigenvalue weighted by Crippen LogP contribution is -2.57. The Balaban J connectivity index is 1.41. The van der Waals surface area contributed by atoms with Crippen LogP contribution >= 0.6 is 0 Å². The van der Waals surface area contributed by atoms with E-state index in [9.17, 15) is 26.8 Å². The summed E-state index contributed by atoms with van der Waals surface area (Å²) in [5.74, 6) is -3.32. The van der Waals surface area contributed by atoms with Gasteiger partial charge < -0.3 is 10.2 Å². The Labute approximate surface area is 214 Å². The number of anilines is 1. The monoisotopic (exact) mass is 530 g/mol. The van der Waals surface area contributed by atoms with Crippen LogP contribution in [0.5, 0.6) is 0 Å². The molecule has 1 N–H and O–H groups in total. The third-order valence-electron chi connectivity index (χ3n) is 8.32. The molecule has 3 atom stereocenters. The zero-order chi connectivity index (χ0) is 25.9. The quantitative estimate of drug-likeness (QED) is 0.643. The highest BCUT2D eigenvalue weighted by Gasteiger charge is 2.67. The summed E-state index contributed by atoms with van der Waals surface area (Å²) in [7, 11) is -4.18. The SMILES string of the molecule is O=C1NCCCN(S(=O)(=O)c2ccc(F)c(F)c2)CCN2C(=O)[C@@]3(c4ccccc42)[C@H]1C[C@@H]1CCCN13. The van der Waals surface area contributed by atoms with Crippen LogP contribution in [0.2, 0.25) is 0 Å². The zero-order valence-corrected chi connectivity index (χ0v) is 21.0. The molecule has 4 aliphatic rings. The topological polar surface area (TPSA) is 90.0 Å². The number of hydrogen-bond donors (Lipinski definition) is 1. The van der Waals surface area contributed by atoms with Crippen LogP contribution in [0.4, 0.5) is 14.5 Å². The Morgan fingerprint density at radius 2 is 1.76 bits per heavy atom. The molecule has 4 heterocycles. The van der Waals surface area contributed by atoms with Gasteiger partial charge in [0.05, 0.1) is 10.8 Å². The first-order chi connectivity index (χ1) is 17.8. The molecular weight excluding hydrogens is 502 g/mol. The number of fused-ring (bicyclic) bond motifs is 4. The van der Waals surface area contributed by atoms with Gasteiger partial charge in [-0.3, -0.25) is 14.5 Å². The van der Waals surface area contributed by atoms with E-state index in [1.807, 2.05) is 24.3 Å². The third-order valence-corrected chi connectivity index (χ3v) is 10.2. The van der Waals surface area contributed by atoms with E-state index in [1.165, 1.54) is 4.31 Å². The molecule has 3 saturated heterocycles. The van der Waals surface area contributed by atoms with Gasteiger partial charge in [-0.25, -0.2) is 17.2 Å². The molecule has 196 valence electrons. The molecule has 0 aromatic heterocycles. The minimum absolute atomic E-state index is 0.0282. The summed E-state index contributed by atoms with van der Waals surface area (Å²) < 4.78 is 55.4. The van der Waals surface area contributed by atoms with Crippen molar-refractivity contribution in [2.75, 3.05) is 37.6 Å². The van der Waals surface area contributed by atoms with Gasteiger partial charge in [-0.1, -0.05) is 18.2 Å². The van der Waals surface area contributed by atoms with Gasteiger partial charge in [-0.05, 0) is 56.5 Å². The van der Waals surface area contributed by atoms with Crippen LogP contribution < -0.4 is 10.2 Å². The fourth-order valence-corrected chi connectivity index (χ4v) is 8.20. The highest BCUT2D eigenvalue weighted by molar-refractivity contribution is 7.89. The number of hydrogen-bond acceptors (Lipinski definition) is 5. The molecule has 0 saturated carbocycles. The van der Waals surface area contributed by atoms with E-state index < -0.39 is 33.1 Å². The molecular formula is C26H28F2N4O4S. The molecule has 2 amide bonds. The van der Waals surface area contributed by atoms with Crippen molar-refractivity contribution in [2.24, 2.45) is 5.92 Å². The van der Waals surface area contributed by atoms with E-state index in [-0.39, 0.29) is 48.9 Å². The first-order valence-electron chi connectivity index (χ1n) is 12.7. The number of carbonyl (C=O) groups excluding carboxylic acids is 2. The number of halogens is 2. The molecule has 2 aromatic carbocycles. The molecule has 3 fully saturated rings. The molecule has 11 heteroatoms. The van der Waals surface area contributed by atoms with E-state index in [0.29, 0.717) is 24.6 Å². The molecule has 8 nitrogen and oxygen atoms in total. The van der Waals surface area contributed by atoms with E-state index in [4.69, 9.17) is 0 Å². The first-order valence-corrected chi connectivity index (χ1v) is 14.1. The maximum Gasteiger partial charge on any atom is 0.253 e. The standard InChI is InChI=1S/C26H28F2N4O4S/c27-21-9-8-18(16-22(21)28)37(35,36)30-11-4-10-29-24(33)20-15-17-5-3-12-32(17)26(20)19-6-1-2-7-23(19)31(14-13-30)25(26)34/h1-2,6-9,16-17,20H,3-5,10-15H2,(H,29,33)/t17-,20-,26+/m0/s1. The molecule has 6 rings (SSSR count). The van der Waals surface area contributed by atoms with Crippen molar-refractivity contribution < 1.29 is 26.8 Å². The van der Waals surface area contributed by atoms with Crippen molar-refractivity contribution in [3.8, 4) is 0 Å². The Morgan fingerprint density at radius 3 is 2.57 bits per heavy atom. The van der Waals surface area contributed by atoms with Crippen LogP contribution in [0, 0.1) is 17.6 Å². The number of para-hydroxylation sites is 1. The Kier molecular flexibility index (Phi) is 5.85. The van der Waals surface area contributed by atoms with Crippen molar-refractivity contribution >= 4 is 27.5 Å². The van der Waals surface area contributed by atoms with Gasteiger partial charge in [-0.15, -0.1) is 0 Å².